The van der Waals surface area contributed by atoms with E-state index >= 15 is 0 Å². The first-order valence-electron chi connectivity index (χ1n) is 4.54. The van der Waals surface area contributed by atoms with Crippen molar-refractivity contribution in [1.29, 1.82) is 0 Å². The molecule has 0 aromatic carbocycles. The van der Waals surface area contributed by atoms with Crippen LogP contribution < -0.4 is 5.32 Å². The molecule has 1 aliphatic carbocycles. The van der Waals surface area contributed by atoms with Gasteiger partial charge in [0.1, 0.15) is 10.7 Å². The number of amides is 1. The highest BCUT2D eigenvalue weighted by Gasteiger charge is 2.24. The van der Waals surface area contributed by atoms with Gasteiger partial charge in [-0.05, 0) is 12.8 Å². The van der Waals surface area contributed by atoms with Crippen LogP contribution in [-0.2, 0) is 11.3 Å². The number of carbonyl (C=O) groups is 1. The van der Waals surface area contributed by atoms with Crippen molar-refractivity contribution in [3.05, 3.63) is 16.1 Å². The number of carbonyl (C=O) groups excluding carboxylic acids is 1. The summed E-state index contributed by atoms with van der Waals surface area (Å²) in [6.07, 6.45) is 2.20. The Bertz CT molecular complexity index is 333. The van der Waals surface area contributed by atoms with Gasteiger partial charge in [-0.25, -0.2) is 4.98 Å². The lowest BCUT2D eigenvalue weighted by atomic mass is 10.4. The normalized spacial score (nSPS) is 15.5. The van der Waals surface area contributed by atoms with Crippen LogP contribution in [0.25, 0.3) is 0 Å². The number of nitrogens with zero attached hydrogens (tertiary/aromatic N) is 1. The van der Waals surface area contributed by atoms with E-state index in [0.717, 1.165) is 17.8 Å². The van der Waals surface area contributed by atoms with Crippen molar-refractivity contribution in [3.63, 3.8) is 0 Å². The lowest BCUT2D eigenvalue weighted by Crippen LogP contribution is -2.25. The highest BCUT2D eigenvalue weighted by Crippen LogP contribution is 2.19. The van der Waals surface area contributed by atoms with E-state index in [-0.39, 0.29) is 5.91 Å². The van der Waals surface area contributed by atoms with Crippen molar-refractivity contribution < 1.29 is 9.53 Å². The van der Waals surface area contributed by atoms with Gasteiger partial charge >= 0.3 is 0 Å². The zero-order valence-electron chi connectivity index (χ0n) is 7.95. The number of hydrogen-bond acceptors (Lipinski definition) is 4. The Balaban J connectivity index is 1.96. The summed E-state index contributed by atoms with van der Waals surface area (Å²) in [5.41, 5.74) is 0.508. The molecule has 2 rings (SSSR count). The van der Waals surface area contributed by atoms with Gasteiger partial charge in [0.25, 0.3) is 5.91 Å². The summed E-state index contributed by atoms with van der Waals surface area (Å²) in [5, 5.41) is 5.50. The minimum absolute atomic E-state index is 0.0638. The fourth-order valence-electron chi connectivity index (χ4n) is 1.09. The van der Waals surface area contributed by atoms with Gasteiger partial charge in [0.2, 0.25) is 0 Å². The number of thiazole rings is 1. The number of rotatable bonds is 4. The van der Waals surface area contributed by atoms with Crippen LogP contribution in [0, 0.1) is 0 Å². The molecular formula is C9H12N2O2S. The zero-order chi connectivity index (χ0) is 9.97. The average Bonchev–Trinajstić information content (AvgIpc) is 2.83. The van der Waals surface area contributed by atoms with Crippen LogP contribution in [0.2, 0.25) is 0 Å². The first-order chi connectivity index (χ1) is 6.79. The second kappa shape index (κ2) is 4.06. The molecule has 76 valence electrons. The van der Waals surface area contributed by atoms with Crippen LogP contribution in [-0.4, -0.2) is 24.0 Å². The van der Waals surface area contributed by atoms with Crippen LogP contribution in [0.1, 0.15) is 28.3 Å². The molecule has 1 aromatic rings. The second-order valence-electron chi connectivity index (χ2n) is 3.31. The van der Waals surface area contributed by atoms with Crippen molar-refractivity contribution in [2.75, 3.05) is 7.11 Å². The largest absolute Gasteiger partial charge is 0.378 e. The van der Waals surface area contributed by atoms with Crippen LogP contribution in [0.3, 0.4) is 0 Å². The van der Waals surface area contributed by atoms with E-state index in [1.54, 1.807) is 12.5 Å². The monoisotopic (exact) mass is 212 g/mol. The maximum atomic E-state index is 11.5. The third kappa shape index (κ3) is 2.30. The van der Waals surface area contributed by atoms with Crippen LogP contribution in [0.15, 0.2) is 5.38 Å². The van der Waals surface area contributed by atoms with Gasteiger partial charge in [-0.3, -0.25) is 4.79 Å². The standard InChI is InChI=1S/C9H12N2O2S/c1-13-4-8-11-7(5-14-8)9(12)10-6-2-3-6/h5-6H,2-4H2,1H3,(H,10,12). The molecule has 0 bridgehead atoms. The van der Waals surface area contributed by atoms with Crippen molar-refractivity contribution in [1.82, 2.24) is 10.3 Å². The third-order valence-corrected chi connectivity index (χ3v) is 2.79. The molecule has 1 amide bonds. The summed E-state index contributed by atoms with van der Waals surface area (Å²) in [4.78, 5) is 15.7. The molecule has 1 heterocycles. The molecule has 5 heteroatoms. The number of aromatic nitrogens is 1. The van der Waals surface area contributed by atoms with Crippen LogP contribution in [0.5, 0.6) is 0 Å². The summed E-state index contributed by atoms with van der Waals surface area (Å²) in [6, 6.07) is 0.384. The van der Waals surface area contributed by atoms with Crippen molar-refractivity contribution in [2.45, 2.75) is 25.5 Å². The van der Waals surface area contributed by atoms with Crippen LogP contribution in [0.4, 0.5) is 0 Å². The summed E-state index contributed by atoms with van der Waals surface area (Å²) in [5.74, 6) is -0.0638. The molecule has 4 nitrogen and oxygen atoms in total. The van der Waals surface area contributed by atoms with E-state index in [1.807, 2.05) is 0 Å². The second-order valence-corrected chi connectivity index (χ2v) is 4.25. The Hall–Kier alpha value is -0.940. The number of nitrogens with one attached hydrogen (secondary N) is 1. The van der Waals surface area contributed by atoms with E-state index in [2.05, 4.69) is 10.3 Å². The number of hydrogen-bond donors (Lipinski definition) is 1. The molecule has 0 aliphatic heterocycles. The molecule has 1 N–H and O–H groups in total. The van der Waals surface area contributed by atoms with Crippen LogP contribution >= 0.6 is 11.3 Å². The van der Waals surface area contributed by atoms with E-state index in [4.69, 9.17) is 4.74 Å². The molecule has 0 spiro atoms. The minimum atomic E-state index is -0.0638. The average molecular weight is 212 g/mol. The SMILES string of the molecule is COCc1nc(C(=O)NC2CC2)cs1. The van der Waals surface area contributed by atoms with Gasteiger partial charge in [0.05, 0.1) is 6.61 Å². The van der Waals surface area contributed by atoms with E-state index in [9.17, 15) is 4.79 Å². The minimum Gasteiger partial charge on any atom is -0.378 e. The van der Waals surface area contributed by atoms with Crippen molar-refractivity contribution in [3.8, 4) is 0 Å². The highest BCUT2D eigenvalue weighted by molar-refractivity contribution is 7.09. The maximum Gasteiger partial charge on any atom is 0.270 e. The summed E-state index contributed by atoms with van der Waals surface area (Å²) in [7, 11) is 1.62. The molecule has 1 saturated carbocycles. The van der Waals surface area contributed by atoms with E-state index in [0.29, 0.717) is 18.3 Å². The Morgan fingerprint density at radius 2 is 2.57 bits per heavy atom. The molecule has 0 radical (unpaired) electrons. The molecule has 1 aliphatic rings. The van der Waals surface area contributed by atoms with E-state index in [1.165, 1.54) is 11.3 Å². The summed E-state index contributed by atoms with van der Waals surface area (Å²) in [6.45, 7) is 0.474. The predicted molar refractivity (Wildman–Crippen MR) is 53.3 cm³/mol. The molecular weight excluding hydrogens is 200 g/mol. The zero-order valence-corrected chi connectivity index (χ0v) is 8.76. The Kier molecular flexibility index (Phi) is 2.79. The fourth-order valence-corrected chi connectivity index (χ4v) is 1.84. The van der Waals surface area contributed by atoms with Gasteiger partial charge in [-0.1, -0.05) is 0 Å². The molecule has 14 heavy (non-hydrogen) atoms. The Morgan fingerprint density at radius 1 is 1.79 bits per heavy atom. The fraction of sp³-hybridized carbons (Fsp3) is 0.556. The van der Waals surface area contributed by atoms with Gasteiger partial charge < -0.3 is 10.1 Å². The summed E-state index contributed by atoms with van der Waals surface area (Å²) < 4.78 is 4.93. The molecule has 0 atom stereocenters. The molecule has 0 unspecified atom stereocenters. The molecule has 0 saturated heterocycles. The smallest absolute Gasteiger partial charge is 0.270 e. The van der Waals surface area contributed by atoms with E-state index < -0.39 is 0 Å². The number of methoxy groups -OCH3 is 1. The predicted octanol–water partition coefficient (Wildman–Crippen LogP) is 1.18. The maximum absolute atomic E-state index is 11.5. The Labute approximate surface area is 86.3 Å². The van der Waals surface area contributed by atoms with Gasteiger partial charge in [0, 0.05) is 18.5 Å². The highest BCUT2D eigenvalue weighted by atomic mass is 32.1. The third-order valence-electron chi connectivity index (χ3n) is 1.96. The lowest BCUT2D eigenvalue weighted by Gasteiger charge is -1.98. The molecule has 1 fully saturated rings. The first kappa shape index (κ1) is 9.61. The van der Waals surface area contributed by atoms with Gasteiger partial charge in [-0.15, -0.1) is 11.3 Å². The molecule has 1 aromatic heterocycles. The number of ether oxygens (including phenoxy) is 1. The van der Waals surface area contributed by atoms with Gasteiger partial charge in [0.15, 0.2) is 0 Å². The quantitative estimate of drug-likeness (QED) is 0.815. The van der Waals surface area contributed by atoms with Crippen molar-refractivity contribution >= 4 is 17.2 Å². The summed E-state index contributed by atoms with van der Waals surface area (Å²) >= 11 is 1.45. The lowest BCUT2D eigenvalue weighted by molar-refractivity contribution is 0.0946. The van der Waals surface area contributed by atoms with Gasteiger partial charge in [-0.2, -0.15) is 0 Å². The van der Waals surface area contributed by atoms with Crippen molar-refractivity contribution in [2.24, 2.45) is 0 Å². The topological polar surface area (TPSA) is 51.2 Å². The first-order valence-corrected chi connectivity index (χ1v) is 5.42. The Morgan fingerprint density at radius 3 is 3.21 bits per heavy atom.